The van der Waals surface area contributed by atoms with E-state index >= 15 is 0 Å². The van der Waals surface area contributed by atoms with Gasteiger partial charge in [0.25, 0.3) is 0 Å². The lowest BCUT2D eigenvalue weighted by Crippen LogP contribution is -2.43. The van der Waals surface area contributed by atoms with Crippen molar-refractivity contribution in [3.05, 3.63) is 18.4 Å². The number of carbonyl (C=O) groups is 1. The fourth-order valence-electron chi connectivity index (χ4n) is 3.31. The lowest BCUT2D eigenvalue weighted by atomic mass is 10.2. The van der Waals surface area contributed by atoms with Crippen LogP contribution in [-0.4, -0.2) is 63.3 Å². The second-order valence-electron chi connectivity index (χ2n) is 6.72. The highest BCUT2D eigenvalue weighted by atomic mass is 32.2. The van der Waals surface area contributed by atoms with Gasteiger partial charge in [-0.25, -0.2) is 8.42 Å². The molecule has 0 N–H and O–H groups in total. The zero-order chi connectivity index (χ0) is 18.3. The molecule has 1 saturated carbocycles. The Labute approximate surface area is 155 Å². The third-order valence-corrected chi connectivity index (χ3v) is 7.49. The molecule has 26 heavy (non-hydrogen) atoms. The van der Waals surface area contributed by atoms with Crippen molar-refractivity contribution >= 4 is 27.5 Å². The van der Waals surface area contributed by atoms with Crippen molar-refractivity contribution in [3.63, 3.8) is 0 Å². The van der Waals surface area contributed by atoms with Gasteiger partial charge in [0, 0.05) is 19.1 Å². The highest BCUT2D eigenvalue weighted by Crippen LogP contribution is 2.33. The van der Waals surface area contributed by atoms with Crippen LogP contribution in [-0.2, 0) is 21.7 Å². The molecule has 0 radical (unpaired) electrons. The summed E-state index contributed by atoms with van der Waals surface area (Å²) >= 11 is 1.31. The van der Waals surface area contributed by atoms with Crippen LogP contribution in [0, 0.1) is 0 Å². The average molecular weight is 396 g/mol. The van der Waals surface area contributed by atoms with E-state index in [0.29, 0.717) is 23.2 Å². The SMILES string of the molecule is Cn1c(SCC(=O)N(C2CC2)[C@@H]2CCS(=O)(=O)C2)nnc1-c1ccco1. The molecule has 1 aliphatic carbocycles. The summed E-state index contributed by atoms with van der Waals surface area (Å²) in [5.41, 5.74) is 0. The van der Waals surface area contributed by atoms with Crippen LogP contribution in [0.3, 0.4) is 0 Å². The first-order valence-corrected chi connectivity index (χ1v) is 11.3. The van der Waals surface area contributed by atoms with Crippen LogP contribution >= 0.6 is 11.8 Å². The van der Waals surface area contributed by atoms with Gasteiger partial charge in [-0.1, -0.05) is 11.8 Å². The van der Waals surface area contributed by atoms with Gasteiger partial charge in [0.2, 0.25) is 5.91 Å². The van der Waals surface area contributed by atoms with Crippen molar-refractivity contribution in [1.29, 1.82) is 0 Å². The highest BCUT2D eigenvalue weighted by Gasteiger charge is 2.42. The molecule has 4 rings (SSSR count). The maximum Gasteiger partial charge on any atom is 0.233 e. The predicted molar refractivity (Wildman–Crippen MR) is 96.4 cm³/mol. The van der Waals surface area contributed by atoms with Gasteiger partial charge in [-0.05, 0) is 31.4 Å². The Hall–Kier alpha value is -1.81. The number of rotatable bonds is 6. The third-order valence-electron chi connectivity index (χ3n) is 4.73. The van der Waals surface area contributed by atoms with Crippen LogP contribution in [0.2, 0.25) is 0 Å². The molecule has 0 spiro atoms. The first-order valence-electron chi connectivity index (χ1n) is 8.52. The van der Waals surface area contributed by atoms with Crippen LogP contribution in [0.15, 0.2) is 28.0 Å². The largest absolute Gasteiger partial charge is 0.461 e. The first kappa shape index (κ1) is 17.6. The van der Waals surface area contributed by atoms with Gasteiger partial charge in [-0.15, -0.1) is 10.2 Å². The van der Waals surface area contributed by atoms with Crippen molar-refractivity contribution in [2.75, 3.05) is 17.3 Å². The molecule has 2 fully saturated rings. The smallest absolute Gasteiger partial charge is 0.233 e. The molecule has 3 heterocycles. The Morgan fingerprint density at radius 1 is 1.35 bits per heavy atom. The van der Waals surface area contributed by atoms with E-state index in [4.69, 9.17) is 4.42 Å². The minimum absolute atomic E-state index is 0.0258. The monoisotopic (exact) mass is 396 g/mol. The van der Waals surface area contributed by atoms with E-state index in [0.717, 1.165) is 12.8 Å². The fraction of sp³-hybridized carbons (Fsp3) is 0.562. The van der Waals surface area contributed by atoms with Gasteiger partial charge in [-0.2, -0.15) is 0 Å². The van der Waals surface area contributed by atoms with Crippen molar-refractivity contribution in [1.82, 2.24) is 19.7 Å². The maximum atomic E-state index is 12.8. The lowest BCUT2D eigenvalue weighted by Gasteiger charge is -2.28. The lowest BCUT2D eigenvalue weighted by molar-refractivity contribution is -0.130. The van der Waals surface area contributed by atoms with Crippen LogP contribution in [0.25, 0.3) is 11.6 Å². The van der Waals surface area contributed by atoms with Gasteiger partial charge in [-0.3, -0.25) is 4.79 Å². The summed E-state index contributed by atoms with van der Waals surface area (Å²) in [7, 11) is -1.19. The molecule has 0 aromatic carbocycles. The number of thioether (sulfide) groups is 1. The minimum atomic E-state index is -3.01. The number of sulfone groups is 1. The molecule has 1 saturated heterocycles. The van der Waals surface area contributed by atoms with Gasteiger partial charge in [0.15, 0.2) is 26.6 Å². The third kappa shape index (κ3) is 3.52. The first-order chi connectivity index (χ1) is 12.4. The Bertz CT molecular complexity index is 903. The minimum Gasteiger partial charge on any atom is -0.461 e. The van der Waals surface area contributed by atoms with E-state index in [1.165, 1.54) is 11.8 Å². The number of amides is 1. The molecule has 140 valence electrons. The summed E-state index contributed by atoms with van der Waals surface area (Å²) in [6, 6.07) is 3.60. The van der Waals surface area contributed by atoms with E-state index < -0.39 is 9.84 Å². The van der Waals surface area contributed by atoms with E-state index in [-0.39, 0.29) is 35.2 Å². The second kappa shape index (κ2) is 6.73. The normalized spacial score (nSPS) is 21.8. The Morgan fingerprint density at radius 3 is 2.77 bits per heavy atom. The number of furan rings is 1. The molecule has 2 aromatic rings. The summed E-state index contributed by atoms with van der Waals surface area (Å²) in [6.07, 6.45) is 4.03. The summed E-state index contributed by atoms with van der Waals surface area (Å²) in [6.45, 7) is 0. The van der Waals surface area contributed by atoms with E-state index in [1.807, 2.05) is 7.05 Å². The fourth-order valence-corrected chi connectivity index (χ4v) is 5.81. The highest BCUT2D eigenvalue weighted by molar-refractivity contribution is 7.99. The number of hydrogen-bond acceptors (Lipinski definition) is 7. The summed E-state index contributed by atoms with van der Waals surface area (Å²) < 4.78 is 30.7. The molecule has 10 heteroatoms. The van der Waals surface area contributed by atoms with Crippen molar-refractivity contribution in [2.24, 2.45) is 7.05 Å². The van der Waals surface area contributed by atoms with E-state index in [9.17, 15) is 13.2 Å². The van der Waals surface area contributed by atoms with Crippen molar-refractivity contribution in [3.8, 4) is 11.6 Å². The van der Waals surface area contributed by atoms with Crippen LogP contribution in [0.1, 0.15) is 19.3 Å². The van der Waals surface area contributed by atoms with Crippen LogP contribution in [0.5, 0.6) is 0 Å². The summed E-state index contributed by atoms with van der Waals surface area (Å²) in [5, 5.41) is 8.88. The Kier molecular flexibility index (Phi) is 4.55. The number of carbonyl (C=O) groups excluding carboxylic acids is 1. The molecule has 1 atom stereocenters. The Balaban J connectivity index is 1.43. The zero-order valence-electron chi connectivity index (χ0n) is 14.4. The quantitative estimate of drug-likeness (QED) is 0.680. The molecule has 0 unspecified atom stereocenters. The van der Waals surface area contributed by atoms with Crippen molar-refractivity contribution in [2.45, 2.75) is 36.5 Å². The van der Waals surface area contributed by atoms with E-state index in [2.05, 4.69) is 10.2 Å². The van der Waals surface area contributed by atoms with Gasteiger partial charge in [0.05, 0.1) is 23.5 Å². The summed E-state index contributed by atoms with van der Waals surface area (Å²) in [4.78, 5) is 14.6. The van der Waals surface area contributed by atoms with Gasteiger partial charge >= 0.3 is 0 Å². The van der Waals surface area contributed by atoms with Crippen LogP contribution in [0.4, 0.5) is 0 Å². The molecule has 1 aliphatic heterocycles. The standard InChI is InChI=1S/C16H20N4O4S2/c1-19-15(13-3-2-7-24-13)17-18-16(19)25-9-14(21)20(11-4-5-11)12-6-8-26(22,23)10-12/h2-3,7,11-12H,4-6,8-10H2,1H3/t12-/m1/s1. The van der Waals surface area contributed by atoms with Crippen molar-refractivity contribution < 1.29 is 17.6 Å². The molecule has 8 nitrogen and oxygen atoms in total. The molecule has 0 bridgehead atoms. The molecule has 1 amide bonds. The molecular formula is C16H20N4O4S2. The molecule has 2 aliphatic rings. The van der Waals surface area contributed by atoms with E-state index in [1.54, 1.807) is 27.9 Å². The van der Waals surface area contributed by atoms with Gasteiger partial charge < -0.3 is 13.9 Å². The summed E-state index contributed by atoms with van der Waals surface area (Å²) in [5.74, 6) is 1.68. The Morgan fingerprint density at radius 2 is 2.15 bits per heavy atom. The van der Waals surface area contributed by atoms with Crippen LogP contribution < -0.4 is 0 Å². The number of aromatic nitrogens is 3. The van der Waals surface area contributed by atoms with Gasteiger partial charge in [0.1, 0.15) is 0 Å². The number of nitrogens with zero attached hydrogens (tertiary/aromatic N) is 4. The maximum absolute atomic E-state index is 12.8. The average Bonchev–Trinajstić information content (AvgIpc) is 2.99. The second-order valence-corrected chi connectivity index (χ2v) is 9.89. The molecular weight excluding hydrogens is 376 g/mol. The molecule has 2 aromatic heterocycles. The predicted octanol–water partition coefficient (Wildman–Crippen LogP) is 1.35. The topological polar surface area (TPSA) is 98.3 Å². The zero-order valence-corrected chi connectivity index (χ0v) is 16.0. The number of hydrogen-bond donors (Lipinski definition) is 0.